The Morgan fingerprint density at radius 1 is 1.40 bits per heavy atom. The molecular formula is C15H17FN2OS. The summed E-state index contributed by atoms with van der Waals surface area (Å²) in [5, 5.41) is 3.43. The van der Waals surface area contributed by atoms with Crippen molar-refractivity contribution in [2.45, 2.75) is 26.7 Å². The minimum Gasteiger partial charge on any atom is -0.302 e. The van der Waals surface area contributed by atoms with Crippen LogP contribution in [0.3, 0.4) is 0 Å². The van der Waals surface area contributed by atoms with Crippen LogP contribution < -0.4 is 5.32 Å². The highest BCUT2D eigenvalue weighted by Gasteiger charge is 2.12. The molecule has 1 heterocycles. The molecule has 0 aliphatic heterocycles. The Kier molecular flexibility index (Phi) is 4.84. The zero-order valence-electron chi connectivity index (χ0n) is 11.5. The molecule has 0 spiro atoms. The smallest absolute Gasteiger partial charge is 0.228 e. The summed E-state index contributed by atoms with van der Waals surface area (Å²) in [6, 6.07) is 6.41. The van der Waals surface area contributed by atoms with E-state index in [4.69, 9.17) is 0 Å². The van der Waals surface area contributed by atoms with Crippen LogP contribution in [0.25, 0.3) is 0 Å². The summed E-state index contributed by atoms with van der Waals surface area (Å²) in [4.78, 5) is 17.0. The lowest BCUT2D eigenvalue weighted by molar-refractivity contribution is -0.119. The lowest BCUT2D eigenvalue weighted by Crippen LogP contribution is -2.19. The minimum absolute atomic E-state index is 0.00446. The number of hydrogen-bond acceptors (Lipinski definition) is 3. The molecule has 1 aromatic heterocycles. The van der Waals surface area contributed by atoms with Crippen molar-refractivity contribution in [2.24, 2.45) is 5.92 Å². The third kappa shape index (κ3) is 3.87. The first-order chi connectivity index (χ1) is 9.58. The molecule has 0 aliphatic rings. The molecular weight excluding hydrogens is 275 g/mol. The Labute approximate surface area is 121 Å². The number of benzene rings is 1. The maximum absolute atomic E-state index is 12.8. The predicted octanol–water partition coefficient (Wildman–Crippen LogP) is 3.86. The first kappa shape index (κ1) is 14.7. The van der Waals surface area contributed by atoms with E-state index in [-0.39, 0.29) is 17.6 Å². The standard InChI is InChI=1S/C15H17FN2OS/c1-3-10(2)14(19)18-15-17-9-13(20-15)8-11-4-6-12(16)7-5-11/h4-7,9-10H,3,8H2,1-2H3,(H,17,18,19)/t10-/m1/s1. The van der Waals surface area contributed by atoms with E-state index in [1.54, 1.807) is 18.3 Å². The van der Waals surface area contributed by atoms with Gasteiger partial charge in [-0.15, -0.1) is 11.3 Å². The summed E-state index contributed by atoms with van der Waals surface area (Å²) in [6.45, 7) is 3.87. The van der Waals surface area contributed by atoms with Crippen molar-refractivity contribution >= 4 is 22.4 Å². The van der Waals surface area contributed by atoms with Crippen LogP contribution in [0.2, 0.25) is 0 Å². The molecule has 0 unspecified atom stereocenters. The normalized spacial score (nSPS) is 12.2. The monoisotopic (exact) mass is 292 g/mol. The summed E-state index contributed by atoms with van der Waals surface area (Å²) in [5.74, 6) is -0.255. The van der Waals surface area contributed by atoms with Gasteiger partial charge in [-0.05, 0) is 24.1 Å². The van der Waals surface area contributed by atoms with Crippen molar-refractivity contribution < 1.29 is 9.18 Å². The number of nitrogens with zero attached hydrogens (tertiary/aromatic N) is 1. The van der Waals surface area contributed by atoms with Crippen LogP contribution in [0.15, 0.2) is 30.5 Å². The van der Waals surface area contributed by atoms with E-state index in [9.17, 15) is 9.18 Å². The molecule has 106 valence electrons. The second-order valence-electron chi connectivity index (χ2n) is 4.73. The average Bonchev–Trinajstić information content (AvgIpc) is 2.87. The van der Waals surface area contributed by atoms with E-state index < -0.39 is 0 Å². The molecule has 0 saturated carbocycles. The van der Waals surface area contributed by atoms with Gasteiger partial charge in [0.2, 0.25) is 5.91 Å². The van der Waals surface area contributed by atoms with E-state index in [0.29, 0.717) is 11.6 Å². The number of amides is 1. The summed E-state index contributed by atoms with van der Waals surface area (Å²) in [7, 11) is 0. The van der Waals surface area contributed by atoms with E-state index in [1.807, 2.05) is 13.8 Å². The zero-order valence-corrected chi connectivity index (χ0v) is 12.3. The fourth-order valence-corrected chi connectivity index (χ4v) is 2.51. The van der Waals surface area contributed by atoms with Crippen molar-refractivity contribution in [3.8, 4) is 0 Å². The number of carbonyl (C=O) groups excluding carboxylic acids is 1. The van der Waals surface area contributed by atoms with Gasteiger partial charge in [0.25, 0.3) is 0 Å². The third-order valence-corrected chi connectivity index (χ3v) is 4.05. The first-order valence-electron chi connectivity index (χ1n) is 6.58. The molecule has 0 fully saturated rings. The molecule has 1 amide bonds. The number of anilines is 1. The second-order valence-corrected chi connectivity index (χ2v) is 5.85. The molecule has 1 N–H and O–H groups in total. The van der Waals surface area contributed by atoms with Gasteiger partial charge in [0.1, 0.15) is 5.82 Å². The minimum atomic E-state index is -0.237. The van der Waals surface area contributed by atoms with E-state index in [0.717, 1.165) is 16.9 Å². The molecule has 5 heteroatoms. The molecule has 1 atom stereocenters. The molecule has 0 aliphatic carbocycles. The predicted molar refractivity (Wildman–Crippen MR) is 79.4 cm³/mol. The van der Waals surface area contributed by atoms with Gasteiger partial charge in [0, 0.05) is 23.4 Å². The van der Waals surface area contributed by atoms with Gasteiger partial charge in [0.05, 0.1) is 0 Å². The molecule has 0 saturated heterocycles. The Morgan fingerprint density at radius 2 is 2.10 bits per heavy atom. The van der Waals surface area contributed by atoms with Crippen molar-refractivity contribution in [3.05, 3.63) is 46.7 Å². The van der Waals surface area contributed by atoms with E-state index >= 15 is 0 Å². The van der Waals surface area contributed by atoms with Crippen LogP contribution >= 0.6 is 11.3 Å². The van der Waals surface area contributed by atoms with Crippen LogP contribution in [0.4, 0.5) is 9.52 Å². The number of hydrogen-bond donors (Lipinski definition) is 1. The Morgan fingerprint density at radius 3 is 2.75 bits per heavy atom. The summed E-state index contributed by atoms with van der Waals surface area (Å²) in [6.07, 6.45) is 3.25. The highest BCUT2D eigenvalue weighted by Crippen LogP contribution is 2.22. The Balaban J connectivity index is 1.98. The largest absolute Gasteiger partial charge is 0.302 e. The van der Waals surface area contributed by atoms with Crippen molar-refractivity contribution in [1.29, 1.82) is 0 Å². The van der Waals surface area contributed by atoms with Crippen LogP contribution in [-0.2, 0) is 11.2 Å². The van der Waals surface area contributed by atoms with Crippen LogP contribution in [0.1, 0.15) is 30.7 Å². The van der Waals surface area contributed by atoms with E-state index in [2.05, 4.69) is 10.3 Å². The van der Waals surface area contributed by atoms with Gasteiger partial charge in [-0.3, -0.25) is 4.79 Å². The second kappa shape index (κ2) is 6.61. The zero-order chi connectivity index (χ0) is 14.5. The summed E-state index contributed by atoms with van der Waals surface area (Å²) >= 11 is 1.45. The highest BCUT2D eigenvalue weighted by atomic mass is 32.1. The molecule has 2 aromatic rings. The Hall–Kier alpha value is -1.75. The maximum atomic E-state index is 12.8. The first-order valence-corrected chi connectivity index (χ1v) is 7.40. The van der Waals surface area contributed by atoms with Crippen LogP contribution in [0.5, 0.6) is 0 Å². The SMILES string of the molecule is CC[C@@H](C)C(=O)Nc1ncc(Cc2ccc(F)cc2)s1. The molecule has 1 aromatic carbocycles. The van der Waals surface area contributed by atoms with E-state index in [1.165, 1.54) is 23.5 Å². The number of carbonyl (C=O) groups is 1. The van der Waals surface area contributed by atoms with Gasteiger partial charge < -0.3 is 5.32 Å². The fourth-order valence-electron chi connectivity index (χ4n) is 1.66. The summed E-state index contributed by atoms with van der Waals surface area (Å²) in [5.41, 5.74) is 1.02. The van der Waals surface area contributed by atoms with Gasteiger partial charge in [-0.2, -0.15) is 0 Å². The average molecular weight is 292 g/mol. The van der Waals surface area contributed by atoms with Gasteiger partial charge in [-0.25, -0.2) is 9.37 Å². The van der Waals surface area contributed by atoms with Gasteiger partial charge >= 0.3 is 0 Å². The van der Waals surface area contributed by atoms with Crippen molar-refractivity contribution in [3.63, 3.8) is 0 Å². The maximum Gasteiger partial charge on any atom is 0.228 e. The molecule has 0 bridgehead atoms. The van der Waals surface area contributed by atoms with Gasteiger partial charge in [-0.1, -0.05) is 26.0 Å². The number of thiazole rings is 1. The fraction of sp³-hybridized carbons (Fsp3) is 0.333. The Bertz CT molecular complexity index is 580. The number of nitrogens with one attached hydrogen (secondary N) is 1. The topological polar surface area (TPSA) is 42.0 Å². The van der Waals surface area contributed by atoms with Crippen LogP contribution in [0, 0.1) is 11.7 Å². The van der Waals surface area contributed by atoms with Crippen molar-refractivity contribution in [1.82, 2.24) is 4.98 Å². The molecule has 0 radical (unpaired) electrons. The molecule has 3 nitrogen and oxygen atoms in total. The lowest BCUT2D eigenvalue weighted by Gasteiger charge is -2.06. The number of halogens is 1. The van der Waals surface area contributed by atoms with Gasteiger partial charge in [0.15, 0.2) is 5.13 Å². The third-order valence-electron chi connectivity index (χ3n) is 3.14. The number of rotatable bonds is 5. The van der Waals surface area contributed by atoms with Crippen LogP contribution in [-0.4, -0.2) is 10.9 Å². The molecule has 2 rings (SSSR count). The lowest BCUT2D eigenvalue weighted by atomic mass is 10.1. The summed E-state index contributed by atoms with van der Waals surface area (Å²) < 4.78 is 12.8. The molecule has 20 heavy (non-hydrogen) atoms. The van der Waals surface area contributed by atoms with Crippen molar-refractivity contribution in [2.75, 3.05) is 5.32 Å². The number of aromatic nitrogens is 1. The quantitative estimate of drug-likeness (QED) is 0.909. The highest BCUT2D eigenvalue weighted by molar-refractivity contribution is 7.15.